The molecule has 0 amide bonds. The fraction of sp³-hybridized carbons (Fsp3) is 0.0455. The number of hydrogen-bond acceptors (Lipinski definition) is 5. The third-order valence-electron chi connectivity index (χ3n) is 4.63. The van der Waals surface area contributed by atoms with Crippen molar-refractivity contribution in [1.82, 2.24) is 10.2 Å². The number of aromatic nitrogens is 2. The van der Waals surface area contributed by atoms with Crippen molar-refractivity contribution >= 4 is 9.84 Å². The average Bonchev–Trinajstić information content (AvgIpc) is 3.13. The zero-order chi connectivity index (χ0) is 20.6. The Morgan fingerprint density at radius 3 is 1.72 bits per heavy atom. The predicted octanol–water partition coefficient (Wildman–Crippen LogP) is 4.23. The van der Waals surface area contributed by atoms with Crippen molar-refractivity contribution in [3.63, 3.8) is 0 Å². The number of H-pyrrole nitrogens is 1. The summed E-state index contributed by atoms with van der Waals surface area (Å²) in [6.45, 7) is 0. The fourth-order valence-corrected chi connectivity index (χ4v) is 3.79. The van der Waals surface area contributed by atoms with Crippen LogP contribution in [0.4, 0.5) is 0 Å². The zero-order valence-corrected chi connectivity index (χ0v) is 16.3. The summed E-state index contributed by atoms with van der Waals surface area (Å²) in [6.07, 6.45) is 1.17. The maximum absolute atomic E-state index is 11.8. The number of nitrogens with one attached hydrogen (secondary N) is 1. The topological polar surface area (TPSA) is 103 Å². The Kier molecular flexibility index (Phi) is 4.60. The second-order valence-electron chi connectivity index (χ2n) is 6.71. The van der Waals surface area contributed by atoms with Gasteiger partial charge in [-0.25, -0.2) is 8.42 Å². The van der Waals surface area contributed by atoms with Crippen molar-refractivity contribution in [3.8, 4) is 45.1 Å². The number of hydrogen-bond donors (Lipinski definition) is 3. The van der Waals surface area contributed by atoms with E-state index in [2.05, 4.69) is 10.2 Å². The molecule has 0 aliphatic heterocycles. The van der Waals surface area contributed by atoms with Gasteiger partial charge in [-0.3, -0.25) is 5.10 Å². The first kappa shape index (κ1) is 18.8. The van der Waals surface area contributed by atoms with E-state index in [4.69, 9.17) is 0 Å². The summed E-state index contributed by atoms with van der Waals surface area (Å²) in [5, 5.41) is 26.7. The lowest BCUT2D eigenvalue weighted by molar-refractivity contribution is 0.475. The van der Waals surface area contributed by atoms with Gasteiger partial charge in [0.25, 0.3) is 0 Å². The minimum absolute atomic E-state index is 0.155. The summed E-state index contributed by atoms with van der Waals surface area (Å²) >= 11 is 0. The molecule has 146 valence electrons. The van der Waals surface area contributed by atoms with Gasteiger partial charge in [0.2, 0.25) is 0 Å². The minimum atomic E-state index is -3.30. The summed E-state index contributed by atoms with van der Waals surface area (Å²) in [7, 11) is -3.30. The fourth-order valence-electron chi connectivity index (χ4n) is 3.16. The van der Waals surface area contributed by atoms with Crippen LogP contribution >= 0.6 is 0 Å². The second-order valence-corrected chi connectivity index (χ2v) is 8.73. The van der Waals surface area contributed by atoms with Crippen LogP contribution < -0.4 is 0 Å². The van der Waals surface area contributed by atoms with E-state index in [0.717, 1.165) is 27.9 Å². The smallest absolute Gasteiger partial charge is 0.175 e. The van der Waals surface area contributed by atoms with Gasteiger partial charge in [-0.05, 0) is 66.2 Å². The summed E-state index contributed by atoms with van der Waals surface area (Å²) < 4.78 is 23.6. The maximum Gasteiger partial charge on any atom is 0.175 e. The van der Waals surface area contributed by atoms with Crippen LogP contribution in [0.5, 0.6) is 11.5 Å². The van der Waals surface area contributed by atoms with E-state index in [-0.39, 0.29) is 16.4 Å². The largest absolute Gasteiger partial charge is 0.508 e. The number of aromatic hydroxyl groups is 2. The van der Waals surface area contributed by atoms with Crippen LogP contribution in [0.15, 0.2) is 77.7 Å². The van der Waals surface area contributed by atoms with Crippen molar-refractivity contribution in [2.24, 2.45) is 0 Å². The zero-order valence-electron chi connectivity index (χ0n) is 15.5. The van der Waals surface area contributed by atoms with E-state index in [1.165, 1.54) is 6.26 Å². The Balaban J connectivity index is 1.92. The standard InChI is InChI=1S/C22H18N2O4S/c1-29(27,28)19-12-6-14(7-13-19)20-21(15-2-8-17(25)9-3-15)23-24-22(20)16-4-10-18(26)11-5-16/h2-13,25-26H,1H3,(H,23,24). The predicted molar refractivity (Wildman–Crippen MR) is 111 cm³/mol. The molecule has 0 spiro atoms. The van der Waals surface area contributed by atoms with Crippen molar-refractivity contribution in [1.29, 1.82) is 0 Å². The Morgan fingerprint density at radius 1 is 0.724 bits per heavy atom. The highest BCUT2D eigenvalue weighted by atomic mass is 32.2. The van der Waals surface area contributed by atoms with Gasteiger partial charge in [0.05, 0.1) is 10.6 Å². The molecule has 0 atom stereocenters. The van der Waals surface area contributed by atoms with Gasteiger partial charge in [0, 0.05) is 22.9 Å². The lowest BCUT2D eigenvalue weighted by Gasteiger charge is -2.08. The number of nitrogens with zero attached hydrogens (tertiary/aromatic N) is 1. The quantitative estimate of drug-likeness (QED) is 0.471. The number of benzene rings is 3. The second kappa shape index (κ2) is 7.10. The number of phenols is 2. The van der Waals surface area contributed by atoms with E-state index in [0.29, 0.717) is 5.69 Å². The van der Waals surface area contributed by atoms with Gasteiger partial charge < -0.3 is 10.2 Å². The SMILES string of the molecule is CS(=O)(=O)c1ccc(-c2c(-c3ccc(O)cc3)n[nH]c2-c2ccc(O)cc2)cc1. The highest BCUT2D eigenvalue weighted by molar-refractivity contribution is 7.90. The van der Waals surface area contributed by atoms with Crippen LogP contribution in [0.1, 0.15) is 0 Å². The molecular formula is C22H18N2O4S. The molecule has 4 aromatic rings. The van der Waals surface area contributed by atoms with Crippen LogP contribution in [-0.4, -0.2) is 35.1 Å². The summed E-state index contributed by atoms with van der Waals surface area (Å²) in [5.41, 5.74) is 4.60. The Morgan fingerprint density at radius 2 is 1.21 bits per heavy atom. The first-order valence-electron chi connectivity index (χ1n) is 8.80. The van der Waals surface area contributed by atoms with Crippen LogP contribution in [0.3, 0.4) is 0 Å². The van der Waals surface area contributed by atoms with Crippen LogP contribution in [0.2, 0.25) is 0 Å². The monoisotopic (exact) mass is 406 g/mol. The maximum atomic E-state index is 11.8. The average molecular weight is 406 g/mol. The first-order valence-corrected chi connectivity index (χ1v) is 10.7. The summed E-state index contributed by atoms with van der Waals surface area (Å²) in [5.74, 6) is 0.313. The Bertz CT molecular complexity index is 1200. The van der Waals surface area contributed by atoms with Crippen molar-refractivity contribution in [3.05, 3.63) is 72.8 Å². The molecule has 29 heavy (non-hydrogen) atoms. The molecule has 0 unspecified atom stereocenters. The normalized spacial score (nSPS) is 11.5. The van der Waals surface area contributed by atoms with E-state index in [1.807, 2.05) is 0 Å². The molecule has 0 fully saturated rings. The summed E-state index contributed by atoms with van der Waals surface area (Å²) in [6, 6.07) is 20.1. The van der Waals surface area contributed by atoms with E-state index in [1.54, 1.807) is 72.8 Å². The molecule has 6 nitrogen and oxygen atoms in total. The highest BCUT2D eigenvalue weighted by Gasteiger charge is 2.19. The van der Waals surface area contributed by atoms with E-state index in [9.17, 15) is 18.6 Å². The van der Waals surface area contributed by atoms with E-state index >= 15 is 0 Å². The lowest BCUT2D eigenvalue weighted by atomic mass is 9.96. The first-order chi connectivity index (χ1) is 13.8. The molecule has 3 aromatic carbocycles. The molecule has 1 aromatic heterocycles. The van der Waals surface area contributed by atoms with Crippen molar-refractivity contribution in [2.45, 2.75) is 4.90 Å². The van der Waals surface area contributed by atoms with E-state index < -0.39 is 9.84 Å². The molecule has 0 saturated heterocycles. The van der Waals surface area contributed by atoms with Gasteiger partial charge in [-0.15, -0.1) is 0 Å². The van der Waals surface area contributed by atoms with Gasteiger partial charge in [0.1, 0.15) is 17.2 Å². The van der Waals surface area contributed by atoms with Gasteiger partial charge in [0.15, 0.2) is 9.84 Å². The molecule has 1 heterocycles. The number of sulfone groups is 1. The van der Waals surface area contributed by atoms with Crippen LogP contribution in [-0.2, 0) is 9.84 Å². The van der Waals surface area contributed by atoms with Crippen LogP contribution in [0.25, 0.3) is 33.6 Å². The minimum Gasteiger partial charge on any atom is -0.508 e. The molecular weight excluding hydrogens is 388 g/mol. The van der Waals surface area contributed by atoms with Gasteiger partial charge >= 0.3 is 0 Å². The highest BCUT2D eigenvalue weighted by Crippen LogP contribution is 2.39. The third kappa shape index (κ3) is 3.72. The van der Waals surface area contributed by atoms with Crippen molar-refractivity contribution in [2.75, 3.05) is 6.26 Å². The molecule has 0 bridgehead atoms. The molecule has 0 radical (unpaired) electrons. The number of phenolic OH excluding ortho intramolecular Hbond substituents is 2. The number of rotatable bonds is 4. The molecule has 7 heteroatoms. The van der Waals surface area contributed by atoms with Crippen LogP contribution in [0, 0.1) is 0 Å². The van der Waals surface area contributed by atoms with Gasteiger partial charge in [-0.2, -0.15) is 5.10 Å². The number of aromatic amines is 1. The molecule has 0 aliphatic carbocycles. The third-order valence-corrected chi connectivity index (χ3v) is 5.76. The molecule has 0 aliphatic rings. The Hall–Kier alpha value is -3.58. The lowest BCUT2D eigenvalue weighted by Crippen LogP contribution is -1.96. The molecule has 3 N–H and O–H groups in total. The molecule has 0 saturated carbocycles. The summed E-state index contributed by atoms with van der Waals surface area (Å²) in [4.78, 5) is 0.238. The Labute approximate surface area is 168 Å². The van der Waals surface area contributed by atoms with Gasteiger partial charge in [-0.1, -0.05) is 12.1 Å². The van der Waals surface area contributed by atoms with Crippen molar-refractivity contribution < 1.29 is 18.6 Å². The molecule has 4 rings (SSSR count).